The number of esters is 1. The molecule has 0 radical (unpaired) electrons. The Hall–Kier alpha value is -3.76. The van der Waals surface area contributed by atoms with Gasteiger partial charge in [0.05, 0.1) is 26.8 Å². The van der Waals surface area contributed by atoms with Crippen molar-refractivity contribution in [1.29, 1.82) is 0 Å². The third-order valence-electron chi connectivity index (χ3n) is 6.72. The molecular formula is C28H27ClN4O5S. The van der Waals surface area contributed by atoms with Crippen molar-refractivity contribution < 1.29 is 14.5 Å². The van der Waals surface area contributed by atoms with Crippen molar-refractivity contribution in [3.8, 4) is 0 Å². The summed E-state index contributed by atoms with van der Waals surface area (Å²) in [6, 6.07) is 11.2. The van der Waals surface area contributed by atoms with E-state index in [1.54, 1.807) is 63.2 Å². The first kappa shape index (κ1) is 26.8. The molecule has 2 aliphatic rings. The van der Waals surface area contributed by atoms with Crippen molar-refractivity contribution >= 4 is 46.4 Å². The molecule has 0 amide bonds. The molecule has 39 heavy (non-hydrogen) atoms. The van der Waals surface area contributed by atoms with E-state index in [0.29, 0.717) is 36.9 Å². The molecule has 3 aromatic rings. The number of hydrogen-bond acceptors (Lipinski definition) is 8. The van der Waals surface area contributed by atoms with Crippen LogP contribution >= 0.6 is 22.9 Å². The number of carbonyl (C=O) groups is 1. The zero-order valence-electron chi connectivity index (χ0n) is 21.7. The van der Waals surface area contributed by atoms with Crippen LogP contribution in [-0.4, -0.2) is 34.7 Å². The van der Waals surface area contributed by atoms with Crippen LogP contribution in [0, 0.1) is 10.1 Å². The smallest absolute Gasteiger partial charge is 0.338 e. The third-order valence-corrected chi connectivity index (χ3v) is 8.05. The van der Waals surface area contributed by atoms with Crippen LogP contribution in [0.25, 0.3) is 6.08 Å². The molecule has 3 heterocycles. The van der Waals surface area contributed by atoms with Crippen LogP contribution in [0.3, 0.4) is 0 Å². The van der Waals surface area contributed by atoms with E-state index < -0.39 is 12.0 Å². The molecular weight excluding hydrogens is 540 g/mol. The maximum atomic E-state index is 13.8. The van der Waals surface area contributed by atoms with Crippen molar-refractivity contribution in [1.82, 2.24) is 4.57 Å². The van der Waals surface area contributed by atoms with Gasteiger partial charge in [0.1, 0.15) is 11.7 Å². The van der Waals surface area contributed by atoms with E-state index in [1.165, 1.54) is 10.6 Å². The molecule has 1 fully saturated rings. The van der Waals surface area contributed by atoms with Crippen molar-refractivity contribution in [2.24, 2.45) is 4.99 Å². The Bertz CT molecular complexity index is 1680. The number of rotatable bonds is 6. The van der Waals surface area contributed by atoms with Crippen LogP contribution < -0.4 is 19.8 Å². The summed E-state index contributed by atoms with van der Waals surface area (Å²) in [5, 5.41) is 12.3. The fourth-order valence-electron chi connectivity index (χ4n) is 5.00. The molecule has 2 aromatic carbocycles. The number of aromatic nitrogens is 1. The third kappa shape index (κ3) is 5.14. The Kier molecular flexibility index (Phi) is 7.42. The average Bonchev–Trinajstić information content (AvgIpc) is 3.52. The molecule has 0 aliphatic carbocycles. The summed E-state index contributed by atoms with van der Waals surface area (Å²) in [5.74, 6) is -0.571. The second-order valence-electron chi connectivity index (χ2n) is 9.76. The minimum atomic E-state index is -0.838. The van der Waals surface area contributed by atoms with Gasteiger partial charge in [-0.25, -0.2) is 9.79 Å². The molecule has 0 N–H and O–H groups in total. The molecule has 11 heteroatoms. The normalized spacial score (nSPS) is 17.4. The van der Waals surface area contributed by atoms with E-state index in [0.717, 1.165) is 37.3 Å². The van der Waals surface area contributed by atoms with E-state index in [9.17, 15) is 19.7 Å². The summed E-state index contributed by atoms with van der Waals surface area (Å²) >= 11 is 7.71. The highest BCUT2D eigenvalue weighted by molar-refractivity contribution is 7.07. The number of hydrogen-bond donors (Lipinski definition) is 0. The molecule has 0 bridgehead atoms. The van der Waals surface area contributed by atoms with Crippen molar-refractivity contribution in [2.45, 2.75) is 45.8 Å². The molecule has 1 aromatic heterocycles. The lowest BCUT2D eigenvalue weighted by Gasteiger charge is -2.26. The van der Waals surface area contributed by atoms with E-state index in [2.05, 4.69) is 4.99 Å². The zero-order valence-corrected chi connectivity index (χ0v) is 23.3. The van der Waals surface area contributed by atoms with Crippen LogP contribution in [0.5, 0.6) is 0 Å². The van der Waals surface area contributed by atoms with Gasteiger partial charge in [0.2, 0.25) is 0 Å². The van der Waals surface area contributed by atoms with Gasteiger partial charge in [-0.3, -0.25) is 19.5 Å². The summed E-state index contributed by atoms with van der Waals surface area (Å²) < 4.78 is 7.30. The van der Waals surface area contributed by atoms with E-state index in [1.807, 2.05) is 4.90 Å². The minimum Gasteiger partial charge on any atom is -0.459 e. The molecule has 202 valence electrons. The van der Waals surface area contributed by atoms with Gasteiger partial charge in [-0.1, -0.05) is 47.2 Å². The van der Waals surface area contributed by atoms with Crippen molar-refractivity contribution in [3.05, 3.63) is 99.7 Å². The second-order valence-corrected chi connectivity index (χ2v) is 11.2. The predicted molar refractivity (Wildman–Crippen MR) is 151 cm³/mol. The molecule has 2 aliphatic heterocycles. The van der Waals surface area contributed by atoms with Crippen LogP contribution in [0.1, 0.15) is 50.8 Å². The van der Waals surface area contributed by atoms with Crippen LogP contribution in [0.15, 0.2) is 63.5 Å². The van der Waals surface area contributed by atoms with Gasteiger partial charge in [-0.2, -0.15) is 0 Å². The lowest BCUT2D eigenvalue weighted by Crippen LogP contribution is -2.40. The highest BCUT2D eigenvalue weighted by Gasteiger charge is 2.35. The van der Waals surface area contributed by atoms with E-state index >= 15 is 0 Å². The topological polar surface area (TPSA) is 107 Å². The monoisotopic (exact) mass is 566 g/mol. The molecule has 0 saturated carbocycles. The number of fused-ring (bicyclic) bond motifs is 1. The second kappa shape index (κ2) is 10.8. The Morgan fingerprint density at radius 1 is 1.23 bits per heavy atom. The highest BCUT2D eigenvalue weighted by atomic mass is 35.5. The first-order chi connectivity index (χ1) is 18.7. The highest BCUT2D eigenvalue weighted by Crippen LogP contribution is 2.35. The Morgan fingerprint density at radius 2 is 1.95 bits per heavy atom. The lowest BCUT2D eigenvalue weighted by atomic mass is 9.96. The van der Waals surface area contributed by atoms with Gasteiger partial charge < -0.3 is 9.64 Å². The SMILES string of the molecule is CC1=C(C(=O)OC(C)C)C(c2ccccc2Cl)n2c(sc(=Cc3ccc(N4CCCC4)c([N+](=O)[O-])c3)c2=O)=N1. The van der Waals surface area contributed by atoms with Gasteiger partial charge >= 0.3 is 5.97 Å². The maximum absolute atomic E-state index is 13.8. The largest absolute Gasteiger partial charge is 0.459 e. The number of thiazole rings is 1. The van der Waals surface area contributed by atoms with E-state index in [4.69, 9.17) is 16.3 Å². The fourth-order valence-corrected chi connectivity index (χ4v) is 6.29. The van der Waals surface area contributed by atoms with Crippen molar-refractivity contribution in [3.63, 3.8) is 0 Å². The lowest BCUT2D eigenvalue weighted by molar-refractivity contribution is -0.384. The molecule has 9 nitrogen and oxygen atoms in total. The quantitative estimate of drug-likeness (QED) is 0.249. The van der Waals surface area contributed by atoms with Gasteiger partial charge in [0.25, 0.3) is 11.2 Å². The first-order valence-corrected chi connectivity index (χ1v) is 13.9. The Labute approximate surface area is 233 Å². The maximum Gasteiger partial charge on any atom is 0.338 e. The number of nitro groups is 1. The number of benzene rings is 2. The first-order valence-electron chi connectivity index (χ1n) is 12.7. The van der Waals surface area contributed by atoms with Crippen molar-refractivity contribution in [2.75, 3.05) is 18.0 Å². The Morgan fingerprint density at radius 3 is 2.62 bits per heavy atom. The summed E-state index contributed by atoms with van der Waals surface area (Å²) in [6.45, 7) is 6.77. The average molecular weight is 567 g/mol. The van der Waals surface area contributed by atoms with E-state index in [-0.39, 0.29) is 27.8 Å². The predicted octanol–water partition coefficient (Wildman–Crippen LogP) is 4.35. The number of ether oxygens (including phenoxy) is 1. The number of allylic oxidation sites excluding steroid dienone is 1. The number of anilines is 1. The standard InChI is InChI=1S/C28H27ClN4O5S/c1-16(2)38-27(35)24-17(3)30-28-32(25(24)19-8-4-5-9-20(19)29)26(34)23(39-28)15-18-10-11-21(22(14-18)33(36)37)31-12-6-7-13-31/h4-5,8-11,14-16,25H,6-7,12-13H2,1-3H3. The van der Waals surface area contributed by atoms with Crippen LogP contribution in [-0.2, 0) is 9.53 Å². The molecule has 0 spiro atoms. The van der Waals surface area contributed by atoms with Crippen LogP contribution in [0.4, 0.5) is 11.4 Å². The Balaban J connectivity index is 1.66. The zero-order chi connectivity index (χ0) is 27.8. The van der Waals surface area contributed by atoms with Gasteiger partial charge in [-0.15, -0.1) is 0 Å². The number of nitrogens with zero attached hydrogens (tertiary/aromatic N) is 4. The molecule has 5 rings (SSSR count). The summed E-state index contributed by atoms with van der Waals surface area (Å²) in [7, 11) is 0. The summed E-state index contributed by atoms with van der Waals surface area (Å²) in [6.07, 6.45) is 3.26. The molecule has 1 unspecified atom stereocenters. The van der Waals surface area contributed by atoms with Gasteiger partial charge in [0, 0.05) is 24.2 Å². The van der Waals surface area contributed by atoms with Gasteiger partial charge in [-0.05, 0) is 62.9 Å². The number of halogens is 1. The fraction of sp³-hybridized carbons (Fsp3) is 0.321. The number of carbonyl (C=O) groups excluding carboxylic acids is 1. The number of nitro benzene ring substituents is 1. The summed E-state index contributed by atoms with van der Waals surface area (Å²) in [4.78, 5) is 45.5. The van der Waals surface area contributed by atoms with Gasteiger partial charge in [0.15, 0.2) is 4.80 Å². The summed E-state index contributed by atoms with van der Waals surface area (Å²) in [5.41, 5.74) is 1.98. The minimum absolute atomic E-state index is 0.00179. The molecule has 1 atom stereocenters. The van der Waals surface area contributed by atoms with Crippen LogP contribution in [0.2, 0.25) is 5.02 Å². The molecule has 1 saturated heterocycles.